The summed E-state index contributed by atoms with van der Waals surface area (Å²) in [5, 5.41) is 9.78. The summed E-state index contributed by atoms with van der Waals surface area (Å²) in [6.45, 7) is 2.22. The van der Waals surface area contributed by atoms with E-state index in [-0.39, 0.29) is 6.10 Å². The maximum absolute atomic E-state index is 9.78. The Kier molecular flexibility index (Phi) is 3.17. The van der Waals surface area contributed by atoms with Gasteiger partial charge in [-0.05, 0) is 30.4 Å². The lowest BCUT2D eigenvalue weighted by atomic mass is 9.86. The first kappa shape index (κ1) is 11.2. The van der Waals surface area contributed by atoms with E-state index in [2.05, 4.69) is 24.3 Å². The number of aliphatic hydroxyl groups excluding tert-OH is 1. The molecule has 1 aromatic carbocycles. The van der Waals surface area contributed by atoms with Gasteiger partial charge in [0.25, 0.3) is 0 Å². The number of likely N-dealkylation sites (tertiary alicyclic amines) is 1. The molecule has 2 heteroatoms. The number of piperidine rings is 1. The summed E-state index contributed by atoms with van der Waals surface area (Å²) in [5.41, 5.74) is 3.08. The zero-order valence-corrected chi connectivity index (χ0v) is 10.4. The summed E-state index contributed by atoms with van der Waals surface area (Å²) < 4.78 is 0. The Morgan fingerprint density at radius 2 is 1.94 bits per heavy atom. The second-order valence-electron chi connectivity index (χ2n) is 5.62. The molecular formula is C15H22NO+. The minimum absolute atomic E-state index is 0.0593. The van der Waals surface area contributed by atoms with Gasteiger partial charge in [-0.3, -0.25) is 0 Å². The van der Waals surface area contributed by atoms with E-state index >= 15 is 0 Å². The van der Waals surface area contributed by atoms with Gasteiger partial charge in [0.1, 0.15) is 12.6 Å². The Balaban J connectivity index is 1.71. The molecule has 0 spiro atoms. The first-order valence-corrected chi connectivity index (χ1v) is 6.92. The molecule has 17 heavy (non-hydrogen) atoms. The minimum Gasteiger partial charge on any atom is -0.387 e. The highest BCUT2D eigenvalue weighted by atomic mass is 16.3. The Morgan fingerprint density at radius 1 is 1.12 bits per heavy atom. The molecule has 0 bridgehead atoms. The molecule has 1 heterocycles. The molecule has 2 aliphatic rings. The van der Waals surface area contributed by atoms with Crippen LogP contribution in [0.15, 0.2) is 24.3 Å². The zero-order chi connectivity index (χ0) is 11.7. The summed E-state index contributed by atoms with van der Waals surface area (Å²) in [6, 6.07) is 9.59. The van der Waals surface area contributed by atoms with Crippen molar-refractivity contribution in [2.75, 3.05) is 13.1 Å². The number of quaternary nitrogens is 1. The predicted molar refractivity (Wildman–Crippen MR) is 68.2 cm³/mol. The lowest BCUT2D eigenvalue weighted by molar-refractivity contribution is -0.933. The predicted octanol–water partition coefficient (Wildman–Crippen LogP) is 0.583. The van der Waals surface area contributed by atoms with E-state index < -0.39 is 0 Å². The molecule has 1 aliphatic heterocycles. The standard InChI is InChI=1S/C15H21NO/c17-15-6-3-9-16(11-15)14-8-7-12-4-1-2-5-13(12)10-14/h1-2,4-5,14-15,17H,3,6-11H2/p+1/t14-,15-/m1/s1. The van der Waals surface area contributed by atoms with Crippen LogP contribution < -0.4 is 4.90 Å². The normalized spacial score (nSPS) is 33.1. The van der Waals surface area contributed by atoms with Gasteiger partial charge >= 0.3 is 0 Å². The molecule has 1 saturated heterocycles. The van der Waals surface area contributed by atoms with Crippen molar-refractivity contribution in [3.63, 3.8) is 0 Å². The summed E-state index contributed by atoms with van der Waals surface area (Å²) in [5.74, 6) is 0. The Labute approximate surface area is 103 Å². The van der Waals surface area contributed by atoms with Gasteiger partial charge < -0.3 is 10.0 Å². The largest absolute Gasteiger partial charge is 0.387 e. The number of aryl methyl sites for hydroxylation is 1. The molecule has 1 unspecified atom stereocenters. The minimum atomic E-state index is -0.0593. The quantitative estimate of drug-likeness (QED) is 0.727. The Bertz CT molecular complexity index is 390. The third kappa shape index (κ3) is 2.38. The molecule has 1 aliphatic carbocycles. The lowest BCUT2D eigenvalue weighted by Gasteiger charge is -2.36. The molecule has 3 rings (SSSR count). The zero-order valence-electron chi connectivity index (χ0n) is 10.4. The fourth-order valence-electron chi connectivity index (χ4n) is 3.49. The van der Waals surface area contributed by atoms with Gasteiger partial charge in [0.2, 0.25) is 0 Å². The van der Waals surface area contributed by atoms with Gasteiger partial charge in [-0.2, -0.15) is 0 Å². The number of fused-ring (bicyclic) bond motifs is 1. The van der Waals surface area contributed by atoms with Crippen LogP contribution in [-0.2, 0) is 12.8 Å². The van der Waals surface area contributed by atoms with Crippen molar-refractivity contribution in [1.82, 2.24) is 0 Å². The molecule has 1 fully saturated rings. The van der Waals surface area contributed by atoms with Crippen molar-refractivity contribution >= 4 is 0 Å². The van der Waals surface area contributed by atoms with Crippen LogP contribution in [0.3, 0.4) is 0 Å². The van der Waals surface area contributed by atoms with Gasteiger partial charge in [0.15, 0.2) is 0 Å². The highest BCUT2D eigenvalue weighted by Crippen LogP contribution is 2.20. The molecule has 0 amide bonds. The molecule has 2 N–H and O–H groups in total. The molecule has 3 atom stereocenters. The second-order valence-corrected chi connectivity index (χ2v) is 5.62. The third-order valence-corrected chi connectivity index (χ3v) is 4.46. The van der Waals surface area contributed by atoms with Gasteiger partial charge in [-0.15, -0.1) is 0 Å². The van der Waals surface area contributed by atoms with Crippen molar-refractivity contribution in [3.8, 4) is 0 Å². The average molecular weight is 232 g/mol. The molecule has 0 aromatic heterocycles. The second kappa shape index (κ2) is 4.79. The maximum Gasteiger partial charge on any atom is 0.104 e. The fourth-order valence-corrected chi connectivity index (χ4v) is 3.49. The van der Waals surface area contributed by atoms with Crippen LogP contribution in [0.5, 0.6) is 0 Å². The van der Waals surface area contributed by atoms with Crippen molar-refractivity contribution in [3.05, 3.63) is 35.4 Å². The van der Waals surface area contributed by atoms with Crippen molar-refractivity contribution in [2.24, 2.45) is 0 Å². The van der Waals surface area contributed by atoms with Gasteiger partial charge in [0.05, 0.1) is 12.6 Å². The third-order valence-electron chi connectivity index (χ3n) is 4.46. The van der Waals surface area contributed by atoms with Gasteiger partial charge in [-0.1, -0.05) is 24.3 Å². The smallest absolute Gasteiger partial charge is 0.104 e. The van der Waals surface area contributed by atoms with Crippen LogP contribution in [0.25, 0.3) is 0 Å². The van der Waals surface area contributed by atoms with E-state index in [4.69, 9.17) is 0 Å². The van der Waals surface area contributed by atoms with Crippen LogP contribution >= 0.6 is 0 Å². The highest BCUT2D eigenvalue weighted by molar-refractivity contribution is 5.29. The monoisotopic (exact) mass is 232 g/mol. The van der Waals surface area contributed by atoms with E-state index in [9.17, 15) is 5.11 Å². The van der Waals surface area contributed by atoms with Crippen molar-refractivity contribution in [1.29, 1.82) is 0 Å². The molecule has 92 valence electrons. The maximum atomic E-state index is 9.78. The number of hydrogen-bond acceptors (Lipinski definition) is 1. The first-order valence-electron chi connectivity index (χ1n) is 6.92. The van der Waals surface area contributed by atoms with Crippen LogP contribution in [-0.4, -0.2) is 30.3 Å². The summed E-state index contributed by atoms with van der Waals surface area (Å²) in [4.78, 5) is 1.64. The number of rotatable bonds is 1. The summed E-state index contributed by atoms with van der Waals surface area (Å²) in [6.07, 6.45) is 5.86. The SMILES string of the molecule is O[C@@H]1CCC[NH+]([C@@H]2CCc3ccccc3C2)C1. The Hall–Kier alpha value is -0.860. The number of nitrogens with one attached hydrogen (secondary N) is 1. The molecular weight excluding hydrogens is 210 g/mol. The van der Waals surface area contributed by atoms with E-state index in [1.807, 2.05) is 0 Å². The van der Waals surface area contributed by atoms with Gasteiger partial charge in [-0.25, -0.2) is 0 Å². The molecule has 0 saturated carbocycles. The van der Waals surface area contributed by atoms with E-state index in [0.29, 0.717) is 0 Å². The lowest BCUT2D eigenvalue weighted by Crippen LogP contribution is -3.18. The number of hydrogen-bond donors (Lipinski definition) is 2. The van der Waals surface area contributed by atoms with Crippen LogP contribution in [0, 0.1) is 0 Å². The number of aliphatic hydroxyl groups is 1. The first-order chi connectivity index (χ1) is 8.33. The van der Waals surface area contributed by atoms with Crippen LogP contribution in [0.4, 0.5) is 0 Å². The van der Waals surface area contributed by atoms with E-state index in [0.717, 1.165) is 19.0 Å². The van der Waals surface area contributed by atoms with Crippen molar-refractivity contribution < 1.29 is 10.0 Å². The topological polar surface area (TPSA) is 24.7 Å². The van der Waals surface area contributed by atoms with Crippen LogP contribution in [0.2, 0.25) is 0 Å². The van der Waals surface area contributed by atoms with E-state index in [1.54, 1.807) is 10.5 Å². The fraction of sp³-hybridized carbons (Fsp3) is 0.600. The van der Waals surface area contributed by atoms with Crippen molar-refractivity contribution in [2.45, 2.75) is 44.2 Å². The Morgan fingerprint density at radius 3 is 2.76 bits per heavy atom. The van der Waals surface area contributed by atoms with Gasteiger partial charge in [0, 0.05) is 12.8 Å². The van der Waals surface area contributed by atoms with E-state index in [1.165, 1.54) is 37.8 Å². The van der Waals surface area contributed by atoms with Crippen LogP contribution in [0.1, 0.15) is 30.4 Å². The average Bonchev–Trinajstić information content (AvgIpc) is 2.38. The number of benzene rings is 1. The highest BCUT2D eigenvalue weighted by Gasteiger charge is 2.30. The molecule has 1 aromatic rings. The molecule has 2 nitrogen and oxygen atoms in total. The molecule has 0 radical (unpaired) electrons. The summed E-state index contributed by atoms with van der Waals surface area (Å²) in [7, 11) is 0. The summed E-state index contributed by atoms with van der Waals surface area (Å²) >= 11 is 0.